The lowest BCUT2D eigenvalue weighted by atomic mass is 9.96. The molecular formula is C80H86O49. The summed E-state index contributed by atoms with van der Waals surface area (Å²) in [6.45, 7) is -4.56. The van der Waals surface area contributed by atoms with Crippen molar-refractivity contribution < 1.29 is 231 Å². The monoisotopic (exact) mass is 1830 g/mol. The average Bonchev–Trinajstić information content (AvgIpc) is 0.749. The van der Waals surface area contributed by atoms with Crippen LogP contribution in [0.3, 0.4) is 0 Å². The molecule has 49 nitrogen and oxygen atoms in total. The third-order valence-corrected chi connectivity index (χ3v) is 21.3. The summed E-state index contributed by atoms with van der Waals surface area (Å²) in [5, 5.41) is 261. The van der Waals surface area contributed by atoms with Gasteiger partial charge in [0.2, 0.25) is 30.0 Å². The van der Waals surface area contributed by atoms with Crippen LogP contribution in [-0.2, 0) is 85.6 Å². The first-order valence-electron chi connectivity index (χ1n) is 38.9. The van der Waals surface area contributed by atoms with Crippen molar-refractivity contribution in [2.24, 2.45) is 0 Å². The van der Waals surface area contributed by atoms with Gasteiger partial charge < -0.3 is 207 Å². The van der Waals surface area contributed by atoms with Crippen molar-refractivity contribution in [3.05, 3.63) is 123 Å². The van der Waals surface area contributed by atoms with E-state index in [1.54, 1.807) is 0 Å². The van der Waals surface area contributed by atoms with Crippen molar-refractivity contribution in [3.8, 4) is 91.5 Å². The Labute approximate surface area is 720 Å². The number of benzene rings is 5. The van der Waals surface area contributed by atoms with E-state index >= 15 is 4.79 Å². The van der Waals surface area contributed by atoms with E-state index < -0.39 is 339 Å². The molecule has 8 heterocycles. The number of fused-ring (bicyclic) bond motifs is 2. The summed E-state index contributed by atoms with van der Waals surface area (Å²) in [5.41, 5.74) is -3.54. The third kappa shape index (κ3) is 20.5. The SMILES string of the molecule is CC(=O)O[C@@H]1[C@@H](O)[C@H](Oc2cc3c(O)cc(=O)cc-3oc2-c2cc(O)c(O)c(O)c2)O[C@H](COC(=O)CC(=O)O[C@H]2[C@H](Oc3cc(O)c4c(=O)c(O[C@@H]5O[C@H](CO[C@@H]6O[C@H](CO)[C@@H](O)[C@H](O)[C@H]6O)[C@@H](OC(=O)C=Cc6ccc(O)cc6)[C@H](O)[C@H]5O[C@@H]5O[C@H](CO)[C@@H](O)[C@H](O[C@@H]6O[C@H](CO)[C@@H](O)[C@H](O)[C@H]6O)[C@H]5O)c(-c5ccc(O)cc5)oc4c3)O[C@H](C(=O)O)[C@@H](O)[C@@H]2O)[C@H]1O. The molecule has 0 spiro atoms. The van der Waals surface area contributed by atoms with Gasteiger partial charge in [-0.15, -0.1) is 0 Å². The van der Waals surface area contributed by atoms with Gasteiger partial charge in [-0.25, -0.2) is 9.59 Å². The first-order chi connectivity index (χ1) is 61.2. The minimum atomic E-state index is -2.55. The zero-order chi connectivity index (χ0) is 93.3. The number of rotatable bonds is 28. The molecule has 0 unspecified atom stereocenters. The van der Waals surface area contributed by atoms with Crippen LogP contribution < -0.4 is 25.1 Å². The van der Waals surface area contributed by atoms with E-state index in [0.29, 0.717) is 6.07 Å². The molecule has 1 aliphatic carbocycles. The van der Waals surface area contributed by atoms with Gasteiger partial charge in [0.1, 0.15) is 168 Å². The first kappa shape index (κ1) is 95.2. The van der Waals surface area contributed by atoms with Crippen LogP contribution in [0.2, 0.25) is 0 Å². The predicted octanol–water partition coefficient (Wildman–Crippen LogP) is -6.75. The molecule has 0 saturated carbocycles. The Morgan fingerprint density at radius 1 is 0.434 bits per heavy atom. The second kappa shape index (κ2) is 39.9. The fraction of sp³-hybridized carbons (Fsp3) is 0.463. The van der Waals surface area contributed by atoms with Crippen LogP contribution in [-0.4, -0.2) is 370 Å². The highest BCUT2D eigenvalue weighted by Crippen LogP contribution is 2.48. The molecular weight excluding hydrogens is 1740 g/mol. The van der Waals surface area contributed by atoms with Crippen LogP contribution in [0.25, 0.3) is 51.0 Å². The number of phenols is 7. The lowest BCUT2D eigenvalue weighted by molar-refractivity contribution is -0.382. The number of carboxylic acid groups (broad SMARTS) is 1. The van der Waals surface area contributed by atoms with Crippen LogP contribution in [0.5, 0.6) is 57.5 Å². The molecule has 0 radical (unpaired) electrons. The zero-order valence-electron chi connectivity index (χ0n) is 66.3. The quantitative estimate of drug-likeness (QED) is 0.00713. The molecule has 7 aliphatic heterocycles. The van der Waals surface area contributed by atoms with Crippen LogP contribution in [0, 0.1) is 0 Å². The van der Waals surface area contributed by atoms with Gasteiger partial charge in [-0.2, -0.15) is 0 Å². The number of aliphatic carboxylic acids is 1. The third-order valence-electron chi connectivity index (χ3n) is 21.3. The Morgan fingerprint density at radius 2 is 1.00 bits per heavy atom. The van der Waals surface area contributed by atoms with Gasteiger partial charge in [0, 0.05) is 48.4 Å². The summed E-state index contributed by atoms with van der Waals surface area (Å²) in [6, 6.07) is 15.3. The Kier molecular flexibility index (Phi) is 29.5. The highest BCUT2D eigenvalue weighted by Gasteiger charge is 2.58. The van der Waals surface area contributed by atoms with Crippen molar-refractivity contribution >= 4 is 46.9 Å². The second-order valence-electron chi connectivity index (χ2n) is 30.1. The number of esters is 4. The highest BCUT2D eigenvalue weighted by molar-refractivity contribution is 5.92. The van der Waals surface area contributed by atoms with E-state index in [1.807, 2.05) is 0 Å². The van der Waals surface area contributed by atoms with Crippen molar-refractivity contribution in [1.29, 1.82) is 0 Å². The number of carbonyl (C=O) groups is 5. The summed E-state index contributed by atoms with van der Waals surface area (Å²) < 4.78 is 104. The molecule has 24 N–H and O–H groups in total. The number of carbonyl (C=O) groups excluding carboxylic acids is 4. The molecule has 4 aromatic carbocycles. The molecule has 1 aromatic heterocycles. The van der Waals surface area contributed by atoms with Crippen LogP contribution in [0.1, 0.15) is 18.9 Å². The van der Waals surface area contributed by atoms with Crippen molar-refractivity contribution in [3.63, 3.8) is 0 Å². The largest absolute Gasteiger partial charge is 0.508 e. The Bertz CT molecular complexity index is 5250. The number of hydrogen-bond donors (Lipinski definition) is 24. The molecule has 129 heavy (non-hydrogen) atoms. The summed E-state index contributed by atoms with van der Waals surface area (Å²) in [6.07, 6.45) is -65.4. The Balaban J connectivity index is 0.804. The smallest absolute Gasteiger partial charge is 0.335 e. The number of aromatic hydroxyl groups is 7. The van der Waals surface area contributed by atoms with Crippen molar-refractivity contribution in [2.75, 3.05) is 33.0 Å². The lowest BCUT2D eigenvalue weighted by Gasteiger charge is -2.48. The van der Waals surface area contributed by atoms with E-state index in [2.05, 4.69) is 0 Å². The lowest BCUT2D eigenvalue weighted by Crippen LogP contribution is -2.67. The number of aliphatic hydroxyl groups excluding tert-OH is 16. The van der Waals surface area contributed by atoms with Crippen LogP contribution >= 0.6 is 0 Å². The molecule has 0 bridgehead atoms. The number of phenolic OH excluding ortho intramolecular Hbond substituents is 7. The number of aliphatic hydroxyl groups is 16. The van der Waals surface area contributed by atoms with Crippen LogP contribution in [0.15, 0.2) is 115 Å². The summed E-state index contributed by atoms with van der Waals surface area (Å²) in [4.78, 5) is 94.5. The maximum absolute atomic E-state index is 15.6. The van der Waals surface area contributed by atoms with Crippen LogP contribution in [0.4, 0.5) is 0 Å². The standard InChI is InChI=1S/C80H86O49/c1-25(84)114-68-54(99)44(122-77(63(68)108)118-40-18-33-34(88)14-31(87)15-38(33)116-65(40)28-12-36(90)50(95)37(91)13-28)23-112-47(93)19-48(94)125-72-59(104)58(103)71(74(110)111)128-79(72)115-32-16-35(89)49-39(17-32)117-66(27-5-9-30(86)10-6-27)70(55(49)100)127-80-73(129-78-64(109)69(53(98)43(22-83)121-78)126-76-61(106)57(102)52(97)42(21-82)120-76)62(107)67(124-46(92)11-4-26-2-7-29(85)8-3-26)45(123-80)24-113-75-60(105)56(101)51(96)41(20-81)119-75/h2-18,41-45,51-54,56-64,67-69,71-73,75-83,85-86,88-91,95-99,101-109H,19-24H2,1H3,(H,110,111)/t41-,42-,43-,44-,45-,51-,52-,53-,54-,56+,57+,58+,59+,60-,61-,62+,63-,64-,67-,68+,69+,71+,72-,73-,75-,76+,77-,78+,79-,80+/m1/s1. The number of hydrogen-bond acceptors (Lipinski definition) is 48. The molecule has 49 heteroatoms. The molecule has 6 fully saturated rings. The van der Waals surface area contributed by atoms with Gasteiger partial charge >= 0.3 is 29.8 Å². The Morgan fingerprint density at radius 3 is 1.63 bits per heavy atom. The number of carboxylic acids is 1. The summed E-state index contributed by atoms with van der Waals surface area (Å²) >= 11 is 0. The minimum Gasteiger partial charge on any atom is -0.508 e. The summed E-state index contributed by atoms with van der Waals surface area (Å²) in [5.74, 6) is -17.1. The average molecular weight is 1830 g/mol. The predicted molar refractivity (Wildman–Crippen MR) is 410 cm³/mol. The van der Waals surface area contributed by atoms with Crippen molar-refractivity contribution in [2.45, 2.75) is 198 Å². The van der Waals surface area contributed by atoms with E-state index in [1.165, 1.54) is 30.3 Å². The van der Waals surface area contributed by atoms with Gasteiger partial charge in [0.15, 0.2) is 95.4 Å². The highest BCUT2D eigenvalue weighted by atomic mass is 16.8. The Hall–Kier alpha value is -11.4. The number of ether oxygens (including phenoxy) is 16. The second-order valence-corrected chi connectivity index (χ2v) is 30.1. The molecule has 0 amide bonds. The van der Waals surface area contributed by atoms with Gasteiger partial charge in [0.25, 0.3) is 0 Å². The zero-order valence-corrected chi connectivity index (χ0v) is 66.3. The van der Waals surface area contributed by atoms with Crippen molar-refractivity contribution in [1.82, 2.24) is 0 Å². The summed E-state index contributed by atoms with van der Waals surface area (Å²) in [7, 11) is 0. The van der Waals surface area contributed by atoms with Gasteiger partial charge in [-0.1, -0.05) is 12.1 Å². The molecule has 30 atom stereocenters. The van der Waals surface area contributed by atoms with Gasteiger partial charge in [-0.05, 0) is 66.2 Å². The normalized spacial score (nSPS) is 33.1. The maximum atomic E-state index is 15.6. The maximum Gasteiger partial charge on any atom is 0.335 e. The minimum absolute atomic E-state index is 0.180. The van der Waals surface area contributed by atoms with Gasteiger partial charge in [-0.3, -0.25) is 24.0 Å². The van der Waals surface area contributed by atoms with E-state index in [-0.39, 0.29) is 33.8 Å². The first-order valence-corrected chi connectivity index (χ1v) is 38.9. The fourth-order valence-electron chi connectivity index (χ4n) is 14.6. The molecule has 13 rings (SSSR count). The van der Waals surface area contributed by atoms with Gasteiger partial charge in [0.05, 0.1) is 32.0 Å². The molecule has 5 aromatic rings. The molecule has 6 saturated heterocycles. The van der Waals surface area contributed by atoms with E-state index in [4.69, 9.17) is 84.6 Å². The molecule has 700 valence electrons. The topological polar surface area (TPSA) is 779 Å². The van der Waals surface area contributed by atoms with E-state index in [9.17, 15) is 151 Å². The fourth-order valence-corrected chi connectivity index (χ4v) is 14.6. The van der Waals surface area contributed by atoms with E-state index in [0.717, 1.165) is 73.7 Å². The molecule has 8 aliphatic rings.